The molecule has 0 saturated carbocycles. The summed E-state index contributed by atoms with van der Waals surface area (Å²) >= 11 is 0. The topological polar surface area (TPSA) is 86.3 Å². The quantitative estimate of drug-likeness (QED) is 0.125. The molecule has 0 aliphatic carbocycles. The van der Waals surface area contributed by atoms with E-state index >= 15 is 0 Å². The number of ether oxygens (including phenoxy) is 2. The first-order chi connectivity index (χ1) is 26.0. The summed E-state index contributed by atoms with van der Waals surface area (Å²) in [5, 5.41) is 15.5. The highest BCUT2D eigenvalue weighted by molar-refractivity contribution is 5.74. The second-order valence-corrected chi connectivity index (χ2v) is 14.2. The molecule has 8 heteroatoms. The van der Waals surface area contributed by atoms with Gasteiger partial charge in [0.25, 0.3) is 0 Å². The molecular formula is C45H50N4O4. The molecule has 0 aromatic heterocycles. The molecule has 3 N–H and O–H groups in total. The molecule has 7 rings (SSSR count). The summed E-state index contributed by atoms with van der Waals surface area (Å²) in [5.74, 6) is 0.129. The summed E-state index contributed by atoms with van der Waals surface area (Å²) in [7, 11) is 0. The molecule has 53 heavy (non-hydrogen) atoms. The van der Waals surface area contributed by atoms with Crippen LogP contribution in [-0.2, 0) is 35.7 Å². The van der Waals surface area contributed by atoms with E-state index in [1.165, 1.54) is 5.56 Å². The van der Waals surface area contributed by atoms with E-state index in [9.17, 15) is 9.90 Å². The normalized spacial score (nSPS) is 20.9. The number of rotatable bonds is 12. The van der Waals surface area contributed by atoms with Crippen molar-refractivity contribution in [1.82, 2.24) is 20.4 Å². The molecule has 4 atom stereocenters. The Morgan fingerprint density at radius 2 is 1.25 bits per heavy atom. The van der Waals surface area contributed by atoms with Gasteiger partial charge in [-0.1, -0.05) is 134 Å². The maximum atomic E-state index is 12.4. The third-order valence-electron chi connectivity index (χ3n) is 10.5. The molecule has 2 heterocycles. The zero-order valence-electron chi connectivity index (χ0n) is 30.4. The van der Waals surface area contributed by atoms with Crippen LogP contribution in [0.4, 0.5) is 4.79 Å². The molecule has 2 aliphatic rings. The number of benzene rings is 5. The minimum absolute atomic E-state index is 0.0157. The minimum Gasteiger partial charge on any atom is -0.392 e. The number of carbonyl (C=O) groups excluding carboxylic acids is 1. The first-order valence-electron chi connectivity index (χ1n) is 18.7. The largest absolute Gasteiger partial charge is 0.392 e. The van der Waals surface area contributed by atoms with Crippen LogP contribution in [0.1, 0.15) is 52.7 Å². The van der Waals surface area contributed by atoms with Gasteiger partial charge < -0.3 is 25.2 Å². The average Bonchev–Trinajstić information content (AvgIpc) is 3.22. The fourth-order valence-corrected chi connectivity index (χ4v) is 7.27. The smallest absolute Gasteiger partial charge is 0.315 e. The molecule has 0 spiro atoms. The SMILES string of the molecule is C[C@H]1[C@@H](CN2CCN(Cc3ccccc3)CC2)O[C@@H](c2ccc(-c3cccc(CNC(=O)NCc4ccccc4)c3)cc2)O[C@H]1c1ccc(CO)cc1. The van der Waals surface area contributed by atoms with E-state index in [2.05, 4.69) is 106 Å². The third-order valence-corrected chi connectivity index (χ3v) is 10.5. The molecule has 0 unspecified atom stereocenters. The van der Waals surface area contributed by atoms with Crippen LogP contribution in [-0.4, -0.2) is 59.8 Å². The van der Waals surface area contributed by atoms with Crippen molar-refractivity contribution >= 4 is 6.03 Å². The zero-order chi connectivity index (χ0) is 36.4. The van der Waals surface area contributed by atoms with Gasteiger partial charge in [0.1, 0.15) is 0 Å². The Kier molecular flexibility index (Phi) is 12.3. The number of nitrogens with zero attached hydrogens (tertiary/aromatic N) is 2. The van der Waals surface area contributed by atoms with Gasteiger partial charge >= 0.3 is 6.03 Å². The van der Waals surface area contributed by atoms with Crippen molar-refractivity contribution < 1.29 is 19.4 Å². The minimum atomic E-state index is -0.517. The first kappa shape index (κ1) is 36.5. The number of aliphatic hydroxyl groups is 1. The van der Waals surface area contributed by atoms with Crippen molar-refractivity contribution in [3.8, 4) is 11.1 Å². The number of nitrogens with one attached hydrogen (secondary N) is 2. The predicted octanol–water partition coefficient (Wildman–Crippen LogP) is 7.45. The van der Waals surface area contributed by atoms with Crippen LogP contribution in [0.15, 0.2) is 133 Å². The number of amides is 2. The number of hydrogen-bond acceptors (Lipinski definition) is 6. The predicted molar refractivity (Wildman–Crippen MR) is 209 cm³/mol. The van der Waals surface area contributed by atoms with Gasteiger partial charge in [-0.05, 0) is 45.0 Å². The van der Waals surface area contributed by atoms with Gasteiger partial charge in [0.05, 0.1) is 18.8 Å². The number of urea groups is 1. The van der Waals surface area contributed by atoms with Crippen LogP contribution in [0.3, 0.4) is 0 Å². The summed E-state index contributed by atoms with van der Waals surface area (Å²) in [5.41, 5.74) is 8.54. The summed E-state index contributed by atoms with van der Waals surface area (Å²) in [4.78, 5) is 17.5. The highest BCUT2D eigenvalue weighted by Gasteiger charge is 2.39. The summed E-state index contributed by atoms with van der Waals surface area (Å²) in [6, 6.07) is 45.2. The lowest BCUT2D eigenvalue weighted by atomic mass is 9.89. The highest BCUT2D eigenvalue weighted by atomic mass is 16.7. The second kappa shape index (κ2) is 17.8. The Morgan fingerprint density at radius 1 is 0.642 bits per heavy atom. The van der Waals surface area contributed by atoms with Crippen molar-refractivity contribution in [1.29, 1.82) is 0 Å². The van der Waals surface area contributed by atoms with Crippen molar-refractivity contribution in [2.75, 3.05) is 32.7 Å². The van der Waals surface area contributed by atoms with Crippen molar-refractivity contribution in [3.05, 3.63) is 167 Å². The monoisotopic (exact) mass is 710 g/mol. The van der Waals surface area contributed by atoms with E-state index in [4.69, 9.17) is 9.47 Å². The van der Waals surface area contributed by atoms with Crippen LogP contribution in [0.2, 0.25) is 0 Å². The third kappa shape index (κ3) is 9.79. The fraction of sp³-hybridized carbons (Fsp3) is 0.311. The molecule has 274 valence electrons. The lowest BCUT2D eigenvalue weighted by Gasteiger charge is -2.44. The number of piperazine rings is 1. The lowest BCUT2D eigenvalue weighted by molar-refractivity contribution is -0.276. The van der Waals surface area contributed by atoms with Gasteiger partial charge in [0.2, 0.25) is 0 Å². The Labute approximate surface area is 313 Å². The molecule has 2 fully saturated rings. The number of hydrogen-bond donors (Lipinski definition) is 3. The maximum absolute atomic E-state index is 12.4. The van der Waals surface area contributed by atoms with E-state index < -0.39 is 6.29 Å². The van der Waals surface area contributed by atoms with Crippen LogP contribution in [0, 0.1) is 5.92 Å². The summed E-state index contributed by atoms with van der Waals surface area (Å²) in [6.45, 7) is 9.05. The Morgan fingerprint density at radius 3 is 1.92 bits per heavy atom. The van der Waals surface area contributed by atoms with E-state index in [0.29, 0.717) is 13.1 Å². The summed E-state index contributed by atoms with van der Waals surface area (Å²) < 4.78 is 13.6. The van der Waals surface area contributed by atoms with E-state index in [0.717, 1.165) is 78.2 Å². The maximum Gasteiger partial charge on any atom is 0.315 e. The molecule has 2 aliphatic heterocycles. The van der Waals surface area contributed by atoms with Crippen LogP contribution < -0.4 is 10.6 Å². The summed E-state index contributed by atoms with van der Waals surface area (Å²) in [6.07, 6.45) is -0.692. The van der Waals surface area contributed by atoms with Crippen molar-refractivity contribution in [2.45, 2.75) is 51.7 Å². The average molecular weight is 711 g/mol. The van der Waals surface area contributed by atoms with Crippen molar-refractivity contribution in [2.24, 2.45) is 5.92 Å². The van der Waals surface area contributed by atoms with Crippen LogP contribution in [0.5, 0.6) is 0 Å². The highest BCUT2D eigenvalue weighted by Crippen LogP contribution is 2.42. The van der Waals surface area contributed by atoms with Gasteiger partial charge in [-0.2, -0.15) is 0 Å². The first-order valence-corrected chi connectivity index (χ1v) is 18.7. The van der Waals surface area contributed by atoms with Gasteiger partial charge in [-0.25, -0.2) is 4.79 Å². The van der Waals surface area contributed by atoms with Gasteiger partial charge in [-0.3, -0.25) is 9.80 Å². The Bertz CT molecular complexity index is 1880. The molecule has 0 bridgehead atoms. The molecule has 8 nitrogen and oxygen atoms in total. The zero-order valence-corrected chi connectivity index (χ0v) is 30.4. The Hall–Kier alpha value is -4.83. The lowest BCUT2D eigenvalue weighted by Crippen LogP contribution is -2.51. The van der Waals surface area contributed by atoms with E-state index in [1.807, 2.05) is 54.6 Å². The van der Waals surface area contributed by atoms with Gasteiger partial charge in [0.15, 0.2) is 6.29 Å². The fourth-order valence-electron chi connectivity index (χ4n) is 7.27. The standard InChI is InChI=1S/C45H50N4O4/c1-33-42(31-49-25-23-48(24-26-49)30-35-11-6-3-7-12-35)52-44(53-43(33)39-17-15-36(32-50)16-18-39)40-21-19-38(20-22-40)41-14-8-13-37(27-41)29-47-45(51)46-28-34-9-4-2-5-10-34/h2-22,27,33,42-44,50H,23-26,28-32H2,1H3,(H2,46,47,51)/t33-,42+,43+,44+/m0/s1. The molecule has 2 saturated heterocycles. The number of aliphatic hydroxyl groups excluding tert-OH is 1. The van der Waals surface area contributed by atoms with E-state index in [1.54, 1.807) is 0 Å². The molecule has 0 radical (unpaired) electrons. The van der Waals surface area contributed by atoms with Crippen LogP contribution in [0.25, 0.3) is 11.1 Å². The Balaban J connectivity index is 1.00. The molecule has 5 aromatic rings. The van der Waals surface area contributed by atoms with Gasteiger partial charge in [-0.15, -0.1) is 0 Å². The molecular weight excluding hydrogens is 661 g/mol. The second-order valence-electron chi connectivity index (χ2n) is 14.2. The van der Waals surface area contributed by atoms with Crippen LogP contribution >= 0.6 is 0 Å². The molecule has 5 aromatic carbocycles. The molecule has 2 amide bonds. The number of carbonyl (C=O) groups is 1. The van der Waals surface area contributed by atoms with Gasteiger partial charge in [0, 0.05) is 63.8 Å². The van der Waals surface area contributed by atoms with Crippen molar-refractivity contribution in [3.63, 3.8) is 0 Å². The van der Waals surface area contributed by atoms with E-state index in [-0.39, 0.29) is 30.8 Å².